The maximum absolute atomic E-state index is 13.3. The van der Waals surface area contributed by atoms with Crippen LogP contribution in [0.2, 0.25) is 0 Å². The number of hydrogen-bond acceptors (Lipinski definition) is 9. The van der Waals surface area contributed by atoms with Gasteiger partial charge < -0.3 is 34.3 Å². The predicted octanol–water partition coefficient (Wildman–Crippen LogP) is 10.5. The number of aromatic amines is 2. The van der Waals surface area contributed by atoms with E-state index in [1.807, 2.05) is 129 Å². The third kappa shape index (κ3) is 11.3. The van der Waals surface area contributed by atoms with Crippen molar-refractivity contribution in [3.8, 4) is 34.7 Å². The molecule has 4 aliphatic rings. The number of aromatic nitrogens is 4. The molecule has 4 aliphatic heterocycles. The summed E-state index contributed by atoms with van der Waals surface area (Å²) in [6.45, 7) is 20.1. The standard InChI is InChI=1S/C32H37N5O3.C28H31N5O/c1-20-6-9-25(30(38)37-18-26(19-37)23-10-7-22(17-33)8-11-23)16-27(20)28-21(2)34-29(35-28)24-12-14-36(15-13-24)31(39)40-32(3,4)5;1-18-4-7-23(28(34)33-16-24(17-33)21-8-5-20(15-29)6-9-21)14-25(18)26-19(2)30-27(31-26)22-10-12-32(3)13-11-22/h6-11,16,24,26H,12-15,18-19H2,1-5H3,(H,34,35);4-9,14,22,24H,10-13,16-17H2,1-3H3,(H,30,31). The van der Waals surface area contributed by atoms with Crippen molar-refractivity contribution in [3.05, 3.63) is 152 Å². The average Bonchev–Trinajstić information content (AvgIpc) is 3.95. The zero-order chi connectivity index (χ0) is 52.4. The van der Waals surface area contributed by atoms with Crippen LogP contribution < -0.4 is 0 Å². The topological polar surface area (TPSA) is 178 Å². The van der Waals surface area contributed by atoms with Gasteiger partial charge in [0.2, 0.25) is 0 Å². The van der Waals surface area contributed by atoms with Crippen molar-refractivity contribution in [1.29, 1.82) is 10.5 Å². The van der Waals surface area contributed by atoms with Crippen LogP contribution in [0.25, 0.3) is 22.5 Å². The van der Waals surface area contributed by atoms with Crippen molar-refractivity contribution in [2.24, 2.45) is 0 Å². The van der Waals surface area contributed by atoms with Crippen molar-refractivity contribution < 1.29 is 19.1 Å². The third-order valence-electron chi connectivity index (χ3n) is 15.3. The monoisotopic (exact) mass is 993 g/mol. The van der Waals surface area contributed by atoms with Crippen molar-refractivity contribution in [1.82, 2.24) is 39.5 Å². The molecule has 0 aliphatic carbocycles. The first kappa shape index (κ1) is 51.4. The minimum Gasteiger partial charge on any atom is -0.444 e. The largest absolute Gasteiger partial charge is 0.444 e. The minimum atomic E-state index is -0.503. The lowest BCUT2D eigenvalue weighted by atomic mass is 9.90. The van der Waals surface area contributed by atoms with E-state index in [0.29, 0.717) is 79.3 Å². The summed E-state index contributed by atoms with van der Waals surface area (Å²) in [5.41, 5.74) is 12.6. The maximum atomic E-state index is 13.3. The van der Waals surface area contributed by atoms with E-state index in [2.05, 4.69) is 47.9 Å². The van der Waals surface area contributed by atoms with Crippen LogP contribution in [0.3, 0.4) is 0 Å². The van der Waals surface area contributed by atoms with Crippen molar-refractivity contribution in [3.63, 3.8) is 0 Å². The first-order chi connectivity index (χ1) is 35.4. The Kier molecular flexibility index (Phi) is 14.9. The van der Waals surface area contributed by atoms with Gasteiger partial charge in [0, 0.05) is 96.6 Å². The summed E-state index contributed by atoms with van der Waals surface area (Å²) < 4.78 is 5.53. The highest BCUT2D eigenvalue weighted by Crippen LogP contribution is 2.36. The zero-order valence-electron chi connectivity index (χ0n) is 44.1. The minimum absolute atomic E-state index is 0.0223. The van der Waals surface area contributed by atoms with Crippen LogP contribution in [-0.2, 0) is 4.74 Å². The molecule has 74 heavy (non-hydrogen) atoms. The number of benzene rings is 4. The lowest BCUT2D eigenvalue weighted by Crippen LogP contribution is -2.48. The summed E-state index contributed by atoms with van der Waals surface area (Å²) in [7, 11) is 2.17. The molecule has 4 aromatic carbocycles. The predicted molar refractivity (Wildman–Crippen MR) is 286 cm³/mol. The quantitative estimate of drug-likeness (QED) is 0.150. The van der Waals surface area contributed by atoms with Crippen LogP contribution in [0.15, 0.2) is 84.9 Å². The van der Waals surface area contributed by atoms with E-state index in [4.69, 9.17) is 25.2 Å². The molecular weight excluding hydrogens is 925 g/mol. The number of imidazole rings is 2. The molecule has 2 N–H and O–H groups in total. The molecule has 0 spiro atoms. The molecule has 6 aromatic rings. The fourth-order valence-electron chi connectivity index (χ4n) is 10.6. The zero-order valence-corrected chi connectivity index (χ0v) is 44.1. The second-order valence-electron chi connectivity index (χ2n) is 21.9. The van der Waals surface area contributed by atoms with Gasteiger partial charge in [0.15, 0.2) is 0 Å². The fourth-order valence-corrected chi connectivity index (χ4v) is 10.6. The summed E-state index contributed by atoms with van der Waals surface area (Å²) in [6.07, 6.45) is 3.62. The molecule has 0 saturated carbocycles. The molecule has 6 heterocycles. The SMILES string of the molecule is Cc1ccc(C(=O)N2CC(c3ccc(C#N)cc3)C2)cc1-c1nc(C2CCN(C(=O)OC(C)(C)C)CC2)[nH]c1C.Cc1ccc(C(=O)N2CC(c3ccc(C#N)cc3)C2)cc1-c1nc(C2CCN(C)CC2)[nH]c1C. The molecule has 14 nitrogen and oxygen atoms in total. The first-order valence-corrected chi connectivity index (χ1v) is 26.0. The summed E-state index contributed by atoms with van der Waals surface area (Å²) in [6, 6.07) is 31.4. The molecule has 0 unspecified atom stereocenters. The van der Waals surface area contributed by atoms with Crippen molar-refractivity contribution in [2.45, 2.75) is 103 Å². The number of aryl methyl sites for hydroxylation is 4. The van der Waals surface area contributed by atoms with E-state index in [1.165, 1.54) is 5.56 Å². The van der Waals surface area contributed by atoms with E-state index in [1.54, 1.807) is 4.90 Å². The smallest absolute Gasteiger partial charge is 0.410 e. The summed E-state index contributed by atoms with van der Waals surface area (Å²) in [5.74, 6) is 3.41. The molecule has 14 heteroatoms. The number of nitrogens with zero attached hydrogens (tertiary/aromatic N) is 8. The average molecular weight is 993 g/mol. The van der Waals surface area contributed by atoms with Crippen LogP contribution in [0.4, 0.5) is 4.79 Å². The molecule has 3 amide bonds. The normalized spacial score (nSPS) is 16.9. The molecule has 4 saturated heterocycles. The van der Waals surface area contributed by atoms with Crippen molar-refractivity contribution in [2.75, 3.05) is 59.4 Å². The Morgan fingerprint density at radius 1 is 0.568 bits per heavy atom. The number of ether oxygens (including phenoxy) is 1. The Labute approximate surface area is 435 Å². The van der Waals surface area contributed by atoms with E-state index in [-0.39, 0.29) is 23.8 Å². The number of hydrogen-bond donors (Lipinski definition) is 2. The second kappa shape index (κ2) is 21.5. The Balaban J connectivity index is 0.000000184. The van der Waals surface area contributed by atoms with Crippen LogP contribution >= 0.6 is 0 Å². The third-order valence-corrected chi connectivity index (χ3v) is 15.3. The Hall–Kier alpha value is -7.55. The van der Waals surface area contributed by atoms with Gasteiger partial charge in [-0.25, -0.2) is 14.8 Å². The van der Waals surface area contributed by atoms with Gasteiger partial charge in [-0.3, -0.25) is 9.59 Å². The number of carbonyl (C=O) groups excluding carboxylic acids is 3. The molecular formula is C60H68N10O4. The number of likely N-dealkylation sites (tertiary alicyclic amines) is 4. The van der Waals surface area contributed by atoms with Gasteiger partial charge in [0.1, 0.15) is 17.2 Å². The first-order valence-electron chi connectivity index (χ1n) is 26.0. The van der Waals surface area contributed by atoms with Crippen molar-refractivity contribution >= 4 is 17.9 Å². The number of piperidine rings is 2. The van der Waals surface area contributed by atoms with E-state index >= 15 is 0 Å². The highest BCUT2D eigenvalue weighted by atomic mass is 16.6. The molecule has 10 rings (SSSR count). The second-order valence-corrected chi connectivity index (χ2v) is 21.9. The molecule has 4 fully saturated rings. The molecule has 0 radical (unpaired) electrons. The Morgan fingerprint density at radius 2 is 0.959 bits per heavy atom. The van der Waals surface area contributed by atoms with Gasteiger partial charge in [-0.1, -0.05) is 36.4 Å². The lowest BCUT2D eigenvalue weighted by Gasteiger charge is -2.39. The number of carbonyl (C=O) groups is 3. The summed E-state index contributed by atoms with van der Waals surface area (Å²) >= 11 is 0. The highest BCUT2D eigenvalue weighted by molar-refractivity contribution is 5.97. The van der Waals surface area contributed by atoms with Gasteiger partial charge >= 0.3 is 6.09 Å². The lowest BCUT2D eigenvalue weighted by molar-refractivity contribution is 0.0203. The summed E-state index contributed by atoms with van der Waals surface area (Å²) in [4.78, 5) is 63.9. The number of H-pyrrole nitrogens is 2. The van der Waals surface area contributed by atoms with Crippen LogP contribution in [0, 0.1) is 50.4 Å². The van der Waals surface area contributed by atoms with Gasteiger partial charge in [0.05, 0.1) is 34.7 Å². The molecule has 382 valence electrons. The number of nitriles is 2. The van der Waals surface area contributed by atoms with Gasteiger partial charge in [-0.05, 0) is 165 Å². The molecule has 0 bridgehead atoms. The van der Waals surface area contributed by atoms with Crippen LogP contribution in [-0.4, -0.2) is 122 Å². The van der Waals surface area contributed by atoms with Crippen LogP contribution in [0.5, 0.6) is 0 Å². The maximum Gasteiger partial charge on any atom is 0.410 e. The van der Waals surface area contributed by atoms with Crippen LogP contribution in [0.1, 0.15) is 147 Å². The van der Waals surface area contributed by atoms with Gasteiger partial charge in [0.25, 0.3) is 11.8 Å². The fraction of sp³-hybridized carbons (Fsp3) is 0.417. The Morgan fingerprint density at radius 3 is 1.34 bits per heavy atom. The number of rotatable bonds is 8. The molecule has 2 aromatic heterocycles. The number of amides is 3. The summed E-state index contributed by atoms with van der Waals surface area (Å²) in [5, 5.41) is 18.0. The highest BCUT2D eigenvalue weighted by Gasteiger charge is 2.35. The molecule has 0 atom stereocenters. The number of nitrogens with one attached hydrogen (secondary N) is 2. The van der Waals surface area contributed by atoms with E-state index < -0.39 is 5.60 Å². The Bertz CT molecular complexity index is 3110. The van der Waals surface area contributed by atoms with Gasteiger partial charge in [-0.2, -0.15) is 10.5 Å². The van der Waals surface area contributed by atoms with E-state index in [0.717, 1.165) is 101 Å². The van der Waals surface area contributed by atoms with Gasteiger partial charge in [-0.15, -0.1) is 0 Å². The van der Waals surface area contributed by atoms with E-state index in [9.17, 15) is 14.4 Å².